The molecule has 2 aromatic rings. The average Bonchev–Trinajstić information content (AvgIpc) is 2.53. The van der Waals surface area contributed by atoms with Gasteiger partial charge in [0.25, 0.3) is 0 Å². The summed E-state index contributed by atoms with van der Waals surface area (Å²) in [4.78, 5) is 19.5. The quantitative estimate of drug-likeness (QED) is 0.834. The van der Waals surface area contributed by atoms with Crippen molar-refractivity contribution in [3.8, 4) is 0 Å². The van der Waals surface area contributed by atoms with Gasteiger partial charge >= 0.3 is 0 Å². The van der Waals surface area contributed by atoms with E-state index < -0.39 is 9.84 Å². The van der Waals surface area contributed by atoms with Crippen molar-refractivity contribution in [3.05, 3.63) is 35.7 Å². The maximum atomic E-state index is 12.0. The second kappa shape index (κ2) is 6.43. The van der Waals surface area contributed by atoms with Gasteiger partial charge in [-0.3, -0.25) is 0 Å². The first-order valence-electron chi connectivity index (χ1n) is 7.92. The Kier molecular flexibility index (Phi) is 4.49. The lowest BCUT2D eigenvalue weighted by atomic mass is 9.94. The molecule has 7 nitrogen and oxygen atoms in total. The van der Waals surface area contributed by atoms with Crippen LogP contribution in [-0.2, 0) is 9.84 Å². The first-order chi connectivity index (χ1) is 11.3. The largest absolute Gasteiger partial charge is 0.340 e. The number of rotatable bonds is 3. The lowest BCUT2D eigenvalue weighted by molar-refractivity contribution is 0.486. The molecule has 0 amide bonds. The predicted molar refractivity (Wildman–Crippen MR) is 90.8 cm³/mol. The van der Waals surface area contributed by atoms with Crippen LogP contribution >= 0.6 is 0 Å². The Labute approximate surface area is 142 Å². The lowest BCUT2D eigenvalue weighted by Gasteiger charge is -2.33. The second-order valence-corrected chi connectivity index (χ2v) is 8.26. The van der Waals surface area contributed by atoms with Crippen LogP contribution in [0.4, 0.5) is 5.95 Å². The minimum atomic E-state index is -3.35. The van der Waals surface area contributed by atoms with Gasteiger partial charge in [-0.25, -0.2) is 28.4 Å². The number of piperidine rings is 1. The Morgan fingerprint density at radius 1 is 1.21 bits per heavy atom. The smallest absolute Gasteiger partial charge is 0.225 e. The molecule has 1 aliphatic rings. The van der Waals surface area contributed by atoms with E-state index in [4.69, 9.17) is 0 Å². The number of hydrogen-bond acceptors (Lipinski definition) is 7. The lowest BCUT2D eigenvalue weighted by Crippen LogP contribution is -2.36. The Bertz CT molecular complexity index is 833. The molecule has 0 spiro atoms. The van der Waals surface area contributed by atoms with Gasteiger partial charge in [0.2, 0.25) is 5.95 Å². The van der Waals surface area contributed by atoms with Crippen LogP contribution in [0, 0.1) is 13.8 Å². The Balaban J connectivity index is 1.92. The summed E-state index contributed by atoms with van der Waals surface area (Å²) in [5.41, 5.74) is 2.46. The van der Waals surface area contributed by atoms with Crippen molar-refractivity contribution in [2.45, 2.75) is 37.5 Å². The summed E-state index contributed by atoms with van der Waals surface area (Å²) >= 11 is 0. The molecule has 0 radical (unpaired) electrons. The van der Waals surface area contributed by atoms with Crippen LogP contribution in [-0.4, -0.2) is 47.7 Å². The van der Waals surface area contributed by atoms with Gasteiger partial charge < -0.3 is 4.90 Å². The number of anilines is 1. The summed E-state index contributed by atoms with van der Waals surface area (Å²) in [6.45, 7) is 5.42. The zero-order chi connectivity index (χ0) is 17.3. The van der Waals surface area contributed by atoms with Crippen LogP contribution in [0.5, 0.6) is 0 Å². The van der Waals surface area contributed by atoms with Crippen molar-refractivity contribution < 1.29 is 8.42 Å². The predicted octanol–water partition coefficient (Wildman–Crippen LogP) is 1.67. The van der Waals surface area contributed by atoms with E-state index in [9.17, 15) is 8.42 Å². The molecule has 128 valence electrons. The van der Waals surface area contributed by atoms with Gasteiger partial charge in [-0.05, 0) is 32.8 Å². The average molecular weight is 347 g/mol. The third kappa shape index (κ3) is 3.53. The van der Waals surface area contributed by atoms with Crippen molar-refractivity contribution in [1.82, 2.24) is 19.9 Å². The zero-order valence-electron chi connectivity index (χ0n) is 14.1. The summed E-state index contributed by atoms with van der Waals surface area (Å²) < 4.78 is 24.0. The Morgan fingerprint density at radius 2 is 1.92 bits per heavy atom. The van der Waals surface area contributed by atoms with Crippen molar-refractivity contribution in [2.24, 2.45) is 0 Å². The summed E-state index contributed by atoms with van der Waals surface area (Å²) in [6, 6.07) is 1.94. The number of hydrogen-bond donors (Lipinski definition) is 0. The molecular weight excluding hydrogens is 326 g/mol. The topological polar surface area (TPSA) is 88.9 Å². The molecule has 24 heavy (non-hydrogen) atoms. The molecule has 1 saturated heterocycles. The molecule has 0 aliphatic carbocycles. The molecule has 2 aromatic heterocycles. The van der Waals surface area contributed by atoms with Gasteiger partial charge in [-0.2, -0.15) is 0 Å². The number of aromatic nitrogens is 4. The van der Waals surface area contributed by atoms with Crippen LogP contribution in [0.1, 0.15) is 35.8 Å². The van der Waals surface area contributed by atoms with Crippen molar-refractivity contribution >= 4 is 15.8 Å². The Hall–Kier alpha value is -2.09. The van der Waals surface area contributed by atoms with Gasteiger partial charge in [-0.1, -0.05) is 0 Å². The fourth-order valence-electron chi connectivity index (χ4n) is 3.15. The molecule has 3 rings (SSSR count). The van der Waals surface area contributed by atoms with Crippen molar-refractivity contribution in [2.75, 3.05) is 24.2 Å². The van der Waals surface area contributed by atoms with E-state index in [-0.39, 0.29) is 10.8 Å². The summed E-state index contributed by atoms with van der Waals surface area (Å²) in [5.74, 6) is 0.725. The van der Waals surface area contributed by atoms with E-state index in [2.05, 4.69) is 24.8 Å². The van der Waals surface area contributed by atoms with Crippen LogP contribution < -0.4 is 4.90 Å². The van der Waals surface area contributed by atoms with Gasteiger partial charge in [0, 0.05) is 42.8 Å². The van der Waals surface area contributed by atoms with Crippen molar-refractivity contribution in [1.29, 1.82) is 0 Å². The summed E-state index contributed by atoms with van der Waals surface area (Å²) in [5, 5.41) is 0. The first-order valence-corrected chi connectivity index (χ1v) is 9.81. The van der Waals surface area contributed by atoms with E-state index >= 15 is 0 Å². The molecule has 3 heterocycles. The monoisotopic (exact) mass is 347 g/mol. The summed E-state index contributed by atoms with van der Waals surface area (Å²) in [7, 11) is -3.35. The molecule has 1 fully saturated rings. The highest BCUT2D eigenvalue weighted by molar-refractivity contribution is 7.90. The molecule has 0 bridgehead atoms. The molecule has 0 saturated carbocycles. The molecule has 0 N–H and O–H groups in total. The number of nitrogens with zero attached hydrogens (tertiary/aromatic N) is 5. The van der Waals surface area contributed by atoms with Gasteiger partial charge in [0.15, 0.2) is 9.84 Å². The van der Waals surface area contributed by atoms with E-state index in [0.29, 0.717) is 18.2 Å². The van der Waals surface area contributed by atoms with Crippen LogP contribution in [0.15, 0.2) is 23.5 Å². The molecule has 1 aliphatic heterocycles. The Morgan fingerprint density at radius 3 is 2.58 bits per heavy atom. The zero-order valence-corrected chi connectivity index (χ0v) is 14.9. The highest BCUT2D eigenvalue weighted by atomic mass is 32.2. The van der Waals surface area contributed by atoms with E-state index in [1.54, 1.807) is 0 Å². The fourth-order valence-corrected chi connectivity index (χ4v) is 4.00. The summed E-state index contributed by atoms with van der Waals surface area (Å²) in [6.07, 6.45) is 5.83. The first kappa shape index (κ1) is 16.8. The van der Waals surface area contributed by atoms with Crippen LogP contribution in [0.3, 0.4) is 0 Å². The molecule has 1 atom stereocenters. The maximum absolute atomic E-state index is 12.0. The molecule has 0 unspecified atom stereocenters. The minimum Gasteiger partial charge on any atom is -0.340 e. The third-order valence-corrected chi connectivity index (χ3v) is 5.28. The normalized spacial score (nSPS) is 18.6. The molecular formula is C16H21N5O2S. The van der Waals surface area contributed by atoms with E-state index in [1.165, 1.54) is 18.8 Å². The maximum Gasteiger partial charge on any atom is 0.225 e. The van der Waals surface area contributed by atoms with Crippen LogP contribution in [0.25, 0.3) is 0 Å². The van der Waals surface area contributed by atoms with E-state index in [1.807, 2.05) is 19.9 Å². The third-order valence-electron chi connectivity index (χ3n) is 4.17. The fraction of sp³-hybridized carbons (Fsp3) is 0.500. The van der Waals surface area contributed by atoms with Gasteiger partial charge in [0.1, 0.15) is 11.2 Å². The number of aryl methyl sites for hydroxylation is 2. The SMILES string of the molecule is Cc1cc(C)nc(N2CCC[C@@H](c3ncncc3S(C)(=O)=O)C2)n1. The van der Waals surface area contributed by atoms with Crippen molar-refractivity contribution in [3.63, 3.8) is 0 Å². The molecule has 0 aromatic carbocycles. The molecule has 8 heteroatoms. The highest BCUT2D eigenvalue weighted by Crippen LogP contribution is 2.30. The van der Waals surface area contributed by atoms with Gasteiger partial charge in [0.05, 0.1) is 5.69 Å². The number of sulfone groups is 1. The minimum absolute atomic E-state index is 0.0240. The second-order valence-electron chi connectivity index (χ2n) is 6.28. The van der Waals surface area contributed by atoms with Crippen LogP contribution in [0.2, 0.25) is 0 Å². The standard InChI is InChI=1S/C16H21N5O2S/c1-11-7-12(2)20-16(19-11)21-6-4-5-13(9-21)15-14(24(3,22)23)8-17-10-18-15/h7-8,10,13H,4-6,9H2,1-3H3/t13-/m1/s1. The van der Waals surface area contributed by atoms with E-state index in [0.717, 1.165) is 30.8 Å². The van der Waals surface area contributed by atoms with Gasteiger partial charge in [-0.15, -0.1) is 0 Å². The highest BCUT2D eigenvalue weighted by Gasteiger charge is 2.28.